The van der Waals surface area contributed by atoms with E-state index < -0.39 is 0 Å². The number of anilines is 1. The molecule has 18 heavy (non-hydrogen) atoms. The van der Waals surface area contributed by atoms with E-state index in [-0.39, 0.29) is 18.2 Å². The monoisotopic (exact) mass is 311 g/mol. The van der Waals surface area contributed by atoms with Gasteiger partial charge in [0.25, 0.3) is 0 Å². The Morgan fingerprint density at radius 2 is 1.83 bits per heavy atom. The van der Waals surface area contributed by atoms with Gasteiger partial charge in [-0.1, -0.05) is 28.1 Å². The van der Waals surface area contributed by atoms with Gasteiger partial charge in [0.1, 0.15) is 11.6 Å². The minimum atomic E-state index is -0.335. The molecule has 0 saturated heterocycles. The Bertz CT molecular complexity index is 570. The molecule has 0 radical (unpaired) electrons. The summed E-state index contributed by atoms with van der Waals surface area (Å²) < 4.78 is 27.7. The third kappa shape index (κ3) is 3.07. The summed E-state index contributed by atoms with van der Waals surface area (Å²) >= 11 is 3.19. The van der Waals surface area contributed by atoms with Crippen LogP contribution >= 0.6 is 15.9 Å². The number of aryl methyl sites for hydroxylation is 1. The first-order valence-electron chi connectivity index (χ1n) is 5.50. The summed E-state index contributed by atoms with van der Waals surface area (Å²) in [4.78, 5) is 0. The Labute approximate surface area is 113 Å². The van der Waals surface area contributed by atoms with Crippen molar-refractivity contribution in [3.8, 4) is 0 Å². The molecule has 0 aliphatic rings. The van der Waals surface area contributed by atoms with Gasteiger partial charge in [-0.15, -0.1) is 0 Å². The number of hydrogen-bond donors (Lipinski definition) is 1. The van der Waals surface area contributed by atoms with Crippen molar-refractivity contribution >= 4 is 21.6 Å². The highest BCUT2D eigenvalue weighted by Gasteiger charge is 2.05. The normalized spacial score (nSPS) is 10.4. The van der Waals surface area contributed by atoms with Crippen LogP contribution in [0.5, 0.6) is 0 Å². The SMILES string of the molecule is Cc1ccc(F)c(NCc2ccc(Br)cc2F)c1. The fourth-order valence-electron chi connectivity index (χ4n) is 1.63. The minimum absolute atomic E-state index is 0.249. The summed E-state index contributed by atoms with van der Waals surface area (Å²) in [5, 5.41) is 2.90. The molecule has 0 bridgehead atoms. The molecule has 0 amide bonds. The first kappa shape index (κ1) is 13.0. The lowest BCUT2D eigenvalue weighted by Crippen LogP contribution is -2.03. The molecule has 2 aromatic rings. The molecule has 0 aromatic heterocycles. The maximum Gasteiger partial charge on any atom is 0.146 e. The molecule has 2 rings (SSSR count). The molecule has 1 N–H and O–H groups in total. The van der Waals surface area contributed by atoms with Crippen LogP contribution in [0.2, 0.25) is 0 Å². The van der Waals surface area contributed by atoms with Crippen molar-refractivity contribution in [1.29, 1.82) is 0 Å². The number of benzene rings is 2. The van der Waals surface area contributed by atoms with E-state index in [1.807, 2.05) is 6.92 Å². The lowest BCUT2D eigenvalue weighted by Gasteiger charge is -2.09. The molecule has 4 heteroatoms. The minimum Gasteiger partial charge on any atom is -0.378 e. The molecule has 0 atom stereocenters. The summed E-state index contributed by atoms with van der Waals surface area (Å²) in [6, 6.07) is 9.61. The first-order valence-corrected chi connectivity index (χ1v) is 6.29. The Kier molecular flexibility index (Phi) is 3.97. The Morgan fingerprint density at radius 1 is 1.06 bits per heavy atom. The topological polar surface area (TPSA) is 12.0 Å². The fraction of sp³-hybridized carbons (Fsp3) is 0.143. The number of hydrogen-bond acceptors (Lipinski definition) is 1. The van der Waals surface area contributed by atoms with Gasteiger partial charge < -0.3 is 5.32 Å². The third-order valence-electron chi connectivity index (χ3n) is 2.61. The lowest BCUT2D eigenvalue weighted by molar-refractivity contribution is 0.609. The Balaban J connectivity index is 2.13. The molecule has 0 aliphatic carbocycles. The van der Waals surface area contributed by atoms with E-state index in [1.165, 1.54) is 12.1 Å². The van der Waals surface area contributed by atoms with Crippen molar-refractivity contribution in [2.24, 2.45) is 0 Å². The second-order valence-electron chi connectivity index (χ2n) is 4.07. The number of nitrogens with one attached hydrogen (secondary N) is 1. The summed E-state index contributed by atoms with van der Waals surface area (Å²) in [6.45, 7) is 2.13. The van der Waals surface area contributed by atoms with Gasteiger partial charge in [0.05, 0.1) is 5.69 Å². The van der Waals surface area contributed by atoms with E-state index in [9.17, 15) is 8.78 Å². The second-order valence-corrected chi connectivity index (χ2v) is 4.99. The van der Waals surface area contributed by atoms with Gasteiger partial charge in [0.15, 0.2) is 0 Å². The van der Waals surface area contributed by atoms with Crippen molar-refractivity contribution in [2.45, 2.75) is 13.5 Å². The maximum absolute atomic E-state index is 13.6. The van der Waals surface area contributed by atoms with Crippen LogP contribution in [0.25, 0.3) is 0 Å². The highest BCUT2D eigenvalue weighted by molar-refractivity contribution is 9.10. The molecule has 0 fully saturated rings. The van der Waals surface area contributed by atoms with Crippen LogP contribution in [0.15, 0.2) is 40.9 Å². The molecule has 0 unspecified atom stereocenters. The molecule has 0 spiro atoms. The summed E-state index contributed by atoms with van der Waals surface area (Å²) in [6.07, 6.45) is 0. The standard InChI is InChI=1S/C14H12BrF2N/c1-9-2-5-12(16)14(6-9)18-8-10-3-4-11(15)7-13(10)17/h2-7,18H,8H2,1H3. The van der Waals surface area contributed by atoms with Crippen molar-refractivity contribution in [3.05, 3.63) is 63.6 Å². The van der Waals surface area contributed by atoms with E-state index in [1.54, 1.807) is 24.3 Å². The zero-order valence-corrected chi connectivity index (χ0v) is 11.4. The highest BCUT2D eigenvalue weighted by Crippen LogP contribution is 2.19. The van der Waals surface area contributed by atoms with Gasteiger partial charge in [-0.3, -0.25) is 0 Å². The molecule has 0 saturated carbocycles. The third-order valence-corrected chi connectivity index (χ3v) is 3.10. The summed E-state index contributed by atoms with van der Waals surface area (Å²) in [7, 11) is 0. The van der Waals surface area contributed by atoms with E-state index in [0.717, 1.165) is 5.56 Å². The predicted octanol–water partition coefficient (Wildman–Crippen LogP) is 4.65. The van der Waals surface area contributed by atoms with E-state index >= 15 is 0 Å². The highest BCUT2D eigenvalue weighted by atomic mass is 79.9. The molecule has 1 nitrogen and oxygen atoms in total. The average molecular weight is 312 g/mol. The number of rotatable bonds is 3. The molecule has 0 heterocycles. The van der Waals surface area contributed by atoms with E-state index in [0.29, 0.717) is 15.7 Å². The van der Waals surface area contributed by atoms with Crippen LogP contribution in [0.3, 0.4) is 0 Å². The lowest BCUT2D eigenvalue weighted by atomic mass is 10.2. The van der Waals surface area contributed by atoms with Crippen LogP contribution in [-0.2, 0) is 6.54 Å². The van der Waals surface area contributed by atoms with Crippen LogP contribution in [-0.4, -0.2) is 0 Å². The smallest absolute Gasteiger partial charge is 0.146 e. The quantitative estimate of drug-likeness (QED) is 0.870. The molecule has 0 aliphatic heterocycles. The fourth-order valence-corrected chi connectivity index (χ4v) is 1.96. The molecule has 2 aromatic carbocycles. The van der Waals surface area contributed by atoms with E-state index in [2.05, 4.69) is 21.2 Å². The number of halogens is 3. The van der Waals surface area contributed by atoms with Crippen molar-refractivity contribution < 1.29 is 8.78 Å². The Morgan fingerprint density at radius 3 is 2.56 bits per heavy atom. The van der Waals surface area contributed by atoms with Crippen LogP contribution in [0.1, 0.15) is 11.1 Å². The zero-order chi connectivity index (χ0) is 13.1. The van der Waals surface area contributed by atoms with Crippen LogP contribution in [0.4, 0.5) is 14.5 Å². The molecular weight excluding hydrogens is 300 g/mol. The summed E-state index contributed by atoms with van der Waals surface area (Å²) in [5.74, 6) is -0.650. The van der Waals surface area contributed by atoms with Gasteiger partial charge in [0.2, 0.25) is 0 Å². The Hall–Kier alpha value is -1.42. The van der Waals surface area contributed by atoms with Crippen molar-refractivity contribution in [2.75, 3.05) is 5.32 Å². The van der Waals surface area contributed by atoms with Gasteiger partial charge in [-0.25, -0.2) is 8.78 Å². The van der Waals surface area contributed by atoms with E-state index in [4.69, 9.17) is 0 Å². The maximum atomic E-state index is 13.6. The molecule has 94 valence electrons. The second kappa shape index (κ2) is 5.48. The van der Waals surface area contributed by atoms with Crippen molar-refractivity contribution in [1.82, 2.24) is 0 Å². The molecular formula is C14H12BrF2N. The van der Waals surface area contributed by atoms with Gasteiger partial charge in [-0.05, 0) is 36.8 Å². The summed E-state index contributed by atoms with van der Waals surface area (Å²) in [5.41, 5.74) is 1.84. The first-order chi connectivity index (χ1) is 8.56. The van der Waals surface area contributed by atoms with Crippen LogP contribution < -0.4 is 5.32 Å². The largest absolute Gasteiger partial charge is 0.378 e. The van der Waals surface area contributed by atoms with Gasteiger partial charge in [0, 0.05) is 16.6 Å². The van der Waals surface area contributed by atoms with Crippen LogP contribution in [0, 0.1) is 18.6 Å². The van der Waals surface area contributed by atoms with Crippen molar-refractivity contribution in [3.63, 3.8) is 0 Å². The van der Waals surface area contributed by atoms with Gasteiger partial charge >= 0.3 is 0 Å². The zero-order valence-electron chi connectivity index (χ0n) is 9.81. The average Bonchev–Trinajstić information content (AvgIpc) is 2.32. The predicted molar refractivity (Wildman–Crippen MR) is 72.6 cm³/mol. The van der Waals surface area contributed by atoms with Gasteiger partial charge in [-0.2, -0.15) is 0 Å².